The molecule has 3 rings (SSSR count). The van der Waals surface area contributed by atoms with E-state index >= 15 is 0 Å². The van der Waals surface area contributed by atoms with E-state index in [2.05, 4.69) is 49.6 Å². The van der Waals surface area contributed by atoms with Crippen molar-refractivity contribution >= 4 is 23.4 Å². The van der Waals surface area contributed by atoms with Gasteiger partial charge in [0.1, 0.15) is 11.0 Å². The second-order valence-electron chi connectivity index (χ2n) is 7.29. The van der Waals surface area contributed by atoms with Crippen LogP contribution in [-0.4, -0.2) is 42.6 Å². The Morgan fingerprint density at radius 3 is 2.50 bits per heavy atom. The second kappa shape index (κ2) is 10.3. The molecule has 0 spiro atoms. The van der Waals surface area contributed by atoms with E-state index in [-0.39, 0.29) is 0 Å². The van der Waals surface area contributed by atoms with Gasteiger partial charge in [0.05, 0.1) is 0 Å². The smallest absolute Gasteiger partial charge is 0.191 e. The molecule has 2 aromatic heterocycles. The molecule has 2 N–H and O–H groups in total. The van der Waals surface area contributed by atoms with Crippen molar-refractivity contribution in [2.75, 3.05) is 31.6 Å². The molecule has 0 bridgehead atoms. The van der Waals surface area contributed by atoms with Gasteiger partial charge in [-0.05, 0) is 48.4 Å². The molecule has 0 aliphatic carbocycles. The Kier molecular flexibility index (Phi) is 7.48. The van der Waals surface area contributed by atoms with E-state index < -0.39 is 0 Å². The molecule has 1 saturated heterocycles. The first-order valence-electron chi connectivity index (χ1n) is 9.89. The summed E-state index contributed by atoms with van der Waals surface area (Å²) in [6, 6.07) is 8.06. The van der Waals surface area contributed by atoms with Gasteiger partial charge < -0.3 is 15.5 Å². The minimum absolute atomic E-state index is 0.517. The maximum atomic E-state index is 5.81. The summed E-state index contributed by atoms with van der Waals surface area (Å²) in [6.07, 6.45) is 7.11. The molecule has 2 aromatic rings. The number of nitrogens with one attached hydrogen (secondary N) is 2. The fourth-order valence-corrected chi connectivity index (χ4v) is 3.34. The minimum atomic E-state index is 0.517. The summed E-state index contributed by atoms with van der Waals surface area (Å²) in [6.45, 7) is 5.99. The third-order valence-electron chi connectivity index (χ3n) is 5.10. The van der Waals surface area contributed by atoms with Crippen molar-refractivity contribution in [3.05, 3.63) is 52.9 Å². The Balaban J connectivity index is 1.42. The van der Waals surface area contributed by atoms with Crippen LogP contribution in [0.1, 0.15) is 30.9 Å². The zero-order chi connectivity index (χ0) is 19.8. The lowest BCUT2D eigenvalue weighted by Gasteiger charge is -2.31. The minimum Gasteiger partial charge on any atom is -0.357 e. The van der Waals surface area contributed by atoms with Gasteiger partial charge in [-0.1, -0.05) is 30.7 Å². The lowest BCUT2D eigenvalue weighted by Crippen LogP contribution is -2.38. The summed E-state index contributed by atoms with van der Waals surface area (Å²) in [5.74, 6) is 2.68. The molecule has 150 valence electrons. The number of pyridine rings is 2. The average molecular weight is 401 g/mol. The first-order valence-corrected chi connectivity index (χ1v) is 10.3. The topological polar surface area (TPSA) is 65.4 Å². The Hall–Kier alpha value is -2.34. The van der Waals surface area contributed by atoms with Crippen LogP contribution in [0, 0.1) is 5.92 Å². The number of anilines is 1. The molecule has 7 heteroatoms. The van der Waals surface area contributed by atoms with E-state index in [9.17, 15) is 0 Å². The number of halogens is 1. The summed E-state index contributed by atoms with van der Waals surface area (Å²) in [7, 11) is 1.78. The van der Waals surface area contributed by atoms with Crippen molar-refractivity contribution in [2.24, 2.45) is 10.9 Å². The van der Waals surface area contributed by atoms with Crippen molar-refractivity contribution < 1.29 is 0 Å². The van der Waals surface area contributed by atoms with Crippen LogP contribution in [0.25, 0.3) is 0 Å². The van der Waals surface area contributed by atoms with Gasteiger partial charge in [0, 0.05) is 45.6 Å². The molecule has 0 atom stereocenters. The van der Waals surface area contributed by atoms with Crippen LogP contribution in [0.4, 0.5) is 5.82 Å². The van der Waals surface area contributed by atoms with Crippen LogP contribution in [0.3, 0.4) is 0 Å². The monoisotopic (exact) mass is 400 g/mol. The summed E-state index contributed by atoms with van der Waals surface area (Å²) >= 11 is 5.81. The fourth-order valence-electron chi connectivity index (χ4n) is 3.23. The molecule has 0 saturated carbocycles. The maximum Gasteiger partial charge on any atom is 0.191 e. The predicted molar refractivity (Wildman–Crippen MR) is 116 cm³/mol. The highest BCUT2D eigenvalue weighted by Crippen LogP contribution is 2.21. The van der Waals surface area contributed by atoms with Crippen LogP contribution in [0.5, 0.6) is 0 Å². The number of hydrogen-bond donors (Lipinski definition) is 2. The van der Waals surface area contributed by atoms with Gasteiger partial charge in [-0.2, -0.15) is 0 Å². The fraction of sp³-hybridized carbons (Fsp3) is 0.476. The third-order valence-corrected chi connectivity index (χ3v) is 5.32. The number of hydrogen-bond acceptors (Lipinski definition) is 4. The first-order chi connectivity index (χ1) is 13.6. The lowest BCUT2D eigenvalue weighted by molar-refractivity contribution is 0.436. The lowest BCUT2D eigenvalue weighted by atomic mass is 9.99. The Bertz CT molecular complexity index is 751. The summed E-state index contributed by atoms with van der Waals surface area (Å²) in [5.41, 5.74) is 2.28. The molecule has 0 aromatic carbocycles. The van der Waals surface area contributed by atoms with Gasteiger partial charge in [-0.3, -0.25) is 4.99 Å². The molecule has 0 amide bonds. The molecule has 3 heterocycles. The van der Waals surface area contributed by atoms with Crippen molar-refractivity contribution in [1.29, 1.82) is 0 Å². The van der Waals surface area contributed by atoms with Crippen LogP contribution in [0.15, 0.2) is 41.7 Å². The third kappa shape index (κ3) is 6.09. The van der Waals surface area contributed by atoms with E-state index in [1.54, 1.807) is 13.2 Å². The van der Waals surface area contributed by atoms with Gasteiger partial charge in [-0.15, -0.1) is 0 Å². The van der Waals surface area contributed by atoms with Crippen molar-refractivity contribution in [3.63, 3.8) is 0 Å². The molecular weight excluding hydrogens is 372 g/mol. The zero-order valence-electron chi connectivity index (χ0n) is 16.7. The number of rotatable bonds is 6. The van der Waals surface area contributed by atoms with Gasteiger partial charge in [0.2, 0.25) is 0 Å². The van der Waals surface area contributed by atoms with Gasteiger partial charge in [-0.25, -0.2) is 9.97 Å². The molecule has 1 aliphatic rings. The van der Waals surface area contributed by atoms with Crippen molar-refractivity contribution in [2.45, 2.75) is 32.7 Å². The molecule has 28 heavy (non-hydrogen) atoms. The standard InChI is InChI=1S/C21H29ClN6/c1-16-8-11-28(12-9-16)20-6-4-18(14-26-20)15-27-21(23-2)24-10-7-17-3-5-19(22)25-13-17/h3-6,13-14,16H,7-12,15H2,1-2H3,(H2,23,24,27). The normalized spacial score (nSPS) is 15.5. The Morgan fingerprint density at radius 2 is 1.86 bits per heavy atom. The van der Waals surface area contributed by atoms with Gasteiger partial charge in [0.15, 0.2) is 5.96 Å². The quantitative estimate of drug-likeness (QED) is 0.442. The van der Waals surface area contributed by atoms with E-state index in [1.807, 2.05) is 18.3 Å². The van der Waals surface area contributed by atoms with Crippen LogP contribution < -0.4 is 15.5 Å². The highest BCUT2D eigenvalue weighted by molar-refractivity contribution is 6.29. The molecular formula is C21H29ClN6. The summed E-state index contributed by atoms with van der Waals surface area (Å²) < 4.78 is 0. The maximum absolute atomic E-state index is 5.81. The van der Waals surface area contributed by atoms with Gasteiger partial charge in [0.25, 0.3) is 0 Å². The van der Waals surface area contributed by atoms with E-state index in [0.29, 0.717) is 11.7 Å². The van der Waals surface area contributed by atoms with E-state index in [0.717, 1.165) is 54.9 Å². The van der Waals surface area contributed by atoms with Crippen molar-refractivity contribution in [1.82, 2.24) is 20.6 Å². The molecule has 1 fully saturated rings. The van der Waals surface area contributed by atoms with Crippen LogP contribution >= 0.6 is 11.6 Å². The molecule has 0 unspecified atom stereocenters. The highest BCUT2D eigenvalue weighted by Gasteiger charge is 2.16. The van der Waals surface area contributed by atoms with E-state index in [1.165, 1.54) is 12.8 Å². The number of guanidine groups is 1. The average Bonchev–Trinajstić information content (AvgIpc) is 2.73. The Labute approximate surface area is 172 Å². The van der Waals surface area contributed by atoms with Gasteiger partial charge >= 0.3 is 0 Å². The predicted octanol–water partition coefficient (Wildman–Crippen LogP) is 3.27. The number of aliphatic imine (C=N–C) groups is 1. The summed E-state index contributed by atoms with van der Waals surface area (Å²) in [5, 5.41) is 7.17. The molecule has 1 aliphatic heterocycles. The van der Waals surface area contributed by atoms with Crippen LogP contribution in [0.2, 0.25) is 5.15 Å². The SMILES string of the molecule is CN=C(NCCc1ccc(Cl)nc1)NCc1ccc(N2CCC(C)CC2)nc1. The van der Waals surface area contributed by atoms with Crippen LogP contribution in [-0.2, 0) is 13.0 Å². The Morgan fingerprint density at radius 1 is 1.11 bits per heavy atom. The molecule has 6 nitrogen and oxygen atoms in total. The zero-order valence-corrected chi connectivity index (χ0v) is 17.4. The number of aromatic nitrogens is 2. The largest absolute Gasteiger partial charge is 0.357 e. The highest BCUT2D eigenvalue weighted by atomic mass is 35.5. The number of piperidine rings is 1. The van der Waals surface area contributed by atoms with E-state index in [4.69, 9.17) is 11.6 Å². The first kappa shape index (κ1) is 20.4. The molecule has 0 radical (unpaired) electrons. The summed E-state index contributed by atoms with van der Waals surface area (Å²) in [4.78, 5) is 15.4. The second-order valence-corrected chi connectivity index (χ2v) is 7.67. The van der Waals surface area contributed by atoms with Crippen molar-refractivity contribution in [3.8, 4) is 0 Å². The number of nitrogens with zero attached hydrogens (tertiary/aromatic N) is 4.